The number of rotatable bonds is 4. The van der Waals surface area contributed by atoms with Crippen molar-refractivity contribution in [2.75, 3.05) is 11.5 Å². The highest BCUT2D eigenvalue weighted by atomic mass is 35.5. The van der Waals surface area contributed by atoms with Crippen molar-refractivity contribution in [1.82, 2.24) is 0 Å². The molecule has 0 aliphatic heterocycles. The Bertz CT molecular complexity index is 1290. The van der Waals surface area contributed by atoms with E-state index in [4.69, 9.17) is 34.7 Å². The van der Waals surface area contributed by atoms with Gasteiger partial charge in [0, 0.05) is 32.3 Å². The summed E-state index contributed by atoms with van der Waals surface area (Å²) < 4.78 is 59.8. The Morgan fingerprint density at radius 3 is 1.32 bits per heavy atom. The van der Waals surface area contributed by atoms with Crippen molar-refractivity contribution >= 4 is 58.7 Å². The van der Waals surface area contributed by atoms with Gasteiger partial charge in [0.25, 0.3) is 0 Å². The number of nitrogens with two attached hydrogens (primary N) is 2. The first-order chi connectivity index (χ1) is 15.7. The van der Waals surface area contributed by atoms with Crippen LogP contribution in [0.1, 0.15) is 0 Å². The zero-order valence-corrected chi connectivity index (χ0v) is 20.2. The van der Waals surface area contributed by atoms with Crippen LogP contribution in [0.2, 0.25) is 10.0 Å². The van der Waals surface area contributed by atoms with E-state index in [1.165, 1.54) is 48.5 Å². The summed E-state index contributed by atoms with van der Waals surface area (Å²) in [6.07, 6.45) is 0. The normalized spacial score (nSPS) is 10.8. The molecule has 0 aliphatic carbocycles. The minimum absolute atomic E-state index is 0. The fraction of sp³-hybridized carbons (Fsp3) is 0. The summed E-state index contributed by atoms with van der Waals surface area (Å²) in [5, 5.41) is 0.117. The van der Waals surface area contributed by atoms with Gasteiger partial charge in [-0.05, 0) is 48.5 Å². The van der Waals surface area contributed by atoms with Gasteiger partial charge in [0.15, 0.2) is 0 Å². The second kappa shape index (κ2) is 10.4. The predicted molar refractivity (Wildman–Crippen MR) is 134 cm³/mol. The van der Waals surface area contributed by atoms with Gasteiger partial charge in [0.05, 0.1) is 21.2 Å². The topological polar surface area (TPSA) is 52.0 Å². The Labute approximate surface area is 213 Å². The van der Waals surface area contributed by atoms with Crippen molar-refractivity contribution in [2.45, 2.75) is 9.79 Å². The van der Waals surface area contributed by atoms with E-state index in [0.717, 1.165) is 12.1 Å². The molecule has 0 saturated carbocycles. The smallest absolute Gasteiger partial charge is 0.147 e. The molecule has 0 aromatic heterocycles. The van der Waals surface area contributed by atoms with Gasteiger partial charge in [0.1, 0.15) is 23.3 Å². The van der Waals surface area contributed by atoms with Crippen LogP contribution in [0.15, 0.2) is 70.5 Å². The van der Waals surface area contributed by atoms with Gasteiger partial charge in [-0.2, -0.15) is 0 Å². The van der Waals surface area contributed by atoms with Crippen LogP contribution >= 0.6 is 47.4 Å². The zero-order chi connectivity index (χ0) is 23.9. The van der Waals surface area contributed by atoms with Crippen LogP contribution in [-0.2, 0) is 0 Å². The van der Waals surface area contributed by atoms with Crippen LogP contribution in [0.5, 0.6) is 0 Å². The van der Waals surface area contributed by atoms with Crippen LogP contribution in [0, 0.1) is 23.3 Å². The molecule has 0 aliphatic rings. The number of nitrogen functional groups attached to an aromatic ring is 2. The summed E-state index contributed by atoms with van der Waals surface area (Å²) in [4.78, 5) is -0.168. The molecule has 0 amide bonds. The SMILES string of the molecule is Cl.Nc1ccc(-c2c(F)ccc(Sc3ccc(F)c(-c4ccc(N)cc4Cl)c3F)c2F)c(Cl)c1. The second-order valence-corrected chi connectivity index (χ2v) is 8.95. The largest absolute Gasteiger partial charge is 0.399 e. The Morgan fingerprint density at radius 2 is 0.971 bits per heavy atom. The lowest BCUT2D eigenvalue weighted by Gasteiger charge is -2.14. The summed E-state index contributed by atoms with van der Waals surface area (Å²) in [6.45, 7) is 0. The molecule has 0 bridgehead atoms. The lowest BCUT2D eigenvalue weighted by Crippen LogP contribution is -1.97. The van der Waals surface area contributed by atoms with Crippen molar-refractivity contribution in [3.05, 3.63) is 94.0 Å². The van der Waals surface area contributed by atoms with Crippen molar-refractivity contribution in [2.24, 2.45) is 0 Å². The highest BCUT2D eigenvalue weighted by molar-refractivity contribution is 7.99. The van der Waals surface area contributed by atoms with Crippen molar-refractivity contribution in [3.63, 3.8) is 0 Å². The van der Waals surface area contributed by atoms with Crippen molar-refractivity contribution in [1.29, 1.82) is 0 Å². The molecule has 0 fully saturated rings. The van der Waals surface area contributed by atoms with Crippen molar-refractivity contribution in [3.8, 4) is 22.3 Å². The number of halogens is 7. The van der Waals surface area contributed by atoms with Crippen LogP contribution in [0.3, 0.4) is 0 Å². The Morgan fingerprint density at radius 1 is 0.588 bits per heavy atom. The molecule has 34 heavy (non-hydrogen) atoms. The summed E-state index contributed by atoms with van der Waals surface area (Å²) in [7, 11) is 0. The lowest BCUT2D eigenvalue weighted by molar-refractivity contribution is 0.568. The van der Waals surface area contributed by atoms with Gasteiger partial charge in [-0.25, -0.2) is 17.6 Å². The van der Waals surface area contributed by atoms with Crippen LogP contribution < -0.4 is 11.5 Å². The van der Waals surface area contributed by atoms with Gasteiger partial charge in [-0.3, -0.25) is 0 Å². The summed E-state index contributed by atoms with van der Waals surface area (Å²) in [5.74, 6) is -3.58. The summed E-state index contributed by atoms with van der Waals surface area (Å²) in [5.41, 5.74) is 11.4. The van der Waals surface area contributed by atoms with Gasteiger partial charge >= 0.3 is 0 Å². The molecule has 0 radical (unpaired) electrons. The van der Waals surface area contributed by atoms with E-state index in [-0.39, 0.29) is 54.5 Å². The third-order valence-corrected chi connectivity index (χ3v) is 6.55. The Hall–Kier alpha value is -2.58. The molecule has 2 nitrogen and oxygen atoms in total. The standard InChI is InChI=1S/C24H14Cl2F4N2S.ClH/c25-15-9-11(31)1-3-13(15)21-17(27)5-7-19(23(21)29)33-20-8-6-18(28)22(24(20)30)14-4-2-12(32)10-16(14)26;/h1-10H,31-32H2;1H. The van der Waals surface area contributed by atoms with E-state index in [0.29, 0.717) is 23.1 Å². The van der Waals surface area contributed by atoms with E-state index >= 15 is 8.78 Å². The molecule has 4 aromatic rings. The third kappa shape index (κ3) is 4.93. The molecular weight excluding hydrogens is 531 g/mol. The molecule has 0 saturated heterocycles. The maximum Gasteiger partial charge on any atom is 0.147 e. The molecular formula is C24H15Cl3F4N2S. The predicted octanol–water partition coefficient (Wildman–Crippen LogP) is 8.62. The zero-order valence-electron chi connectivity index (χ0n) is 17.0. The van der Waals surface area contributed by atoms with E-state index < -0.39 is 23.3 Å². The summed E-state index contributed by atoms with van der Waals surface area (Å²) in [6, 6.07) is 12.9. The maximum atomic E-state index is 15.3. The molecule has 10 heteroatoms. The lowest BCUT2D eigenvalue weighted by atomic mass is 10.0. The number of benzene rings is 4. The molecule has 4 aromatic carbocycles. The van der Waals surface area contributed by atoms with Gasteiger partial charge in [-0.1, -0.05) is 47.1 Å². The minimum atomic E-state index is -0.942. The minimum Gasteiger partial charge on any atom is -0.399 e. The average Bonchev–Trinajstić information content (AvgIpc) is 2.75. The maximum absolute atomic E-state index is 15.3. The highest BCUT2D eigenvalue weighted by Crippen LogP contribution is 2.42. The average molecular weight is 546 g/mol. The molecule has 0 unspecified atom stereocenters. The van der Waals surface area contributed by atoms with Crippen molar-refractivity contribution < 1.29 is 17.6 Å². The first kappa shape index (κ1) is 26.0. The molecule has 0 heterocycles. The highest BCUT2D eigenvalue weighted by Gasteiger charge is 2.22. The third-order valence-electron chi connectivity index (χ3n) is 4.86. The number of hydrogen-bond donors (Lipinski definition) is 2. The van der Waals surface area contributed by atoms with E-state index in [9.17, 15) is 8.78 Å². The summed E-state index contributed by atoms with van der Waals surface area (Å²) >= 11 is 12.9. The van der Waals surface area contributed by atoms with Crippen LogP contribution in [0.25, 0.3) is 22.3 Å². The first-order valence-electron chi connectivity index (χ1n) is 9.42. The molecule has 0 atom stereocenters. The van der Waals surface area contributed by atoms with Crippen LogP contribution in [0.4, 0.5) is 28.9 Å². The second-order valence-electron chi connectivity index (χ2n) is 7.05. The quantitative estimate of drug-likeness (QED) is 0.199. The van der Waals surface area contributed by atoms with Gasteiger partial charge in [-0.15, -0.1) is 12.4 Å². The first-order valence-corrected chi connectivity index (χ1v) is 11.0. The van der Waals surface area contributed by atoms with E-state index in [2.05, 4.69) is 0 Å². The molecule has 4 rings (SSSR count). The molecule has 0 spiro atoms. The fourth-order valence-electron chi connectivity index (χ4n) is 3.30. The van der Waals surface area contributed by atoms with Gasteiger partial charge < -0.3 is 11.5 Å². The fourth-order valence-corrected chi connectivity index (χ4v) is 4.76. The molecule has 176 valence electrons. The Balaban J connectivity index is 0.00000324. The van der Waals surface area contributed by atoms with Gasteiger partial charge in [0.2, 0.25) is 0 Å². The van der Waals surface area contributed by atoms with E-state index in [1.54, 1.807) is 0 Å². The Kier molecular flexibility index (Phi) is 7.93. The number of hydrogen-bond acceptors (Lipinski definition) is 3. The van der Waals surface area contributed by atoms with E-state index in [1.807, 2.05) is 0 Å². The monoisotopic (exact) mass is 544 g/mol. The molecule has 4 N–H and O–H groups in total. The number of anilines is 2. The van der Waals surface area contributed by atoms with Crippen LogP contribution in [-0.4, -0.2) is 0 Å².